The second-order valence-corrected chi connectivity index (χ2v) is 7.48. The highest BCUT2D eigenvalue weighted by molar-refractivity contribution is 7.15. The molecule has 9 nitrogen and oxygen atoms in total. The number of nitrogens with zero attached hydrogens (tertiary/aromatic N) is 4. The molecule has 3 heterocycles. The Morgan fingerprint density at radius 2 is 1.93 bits per heavy atom. The fraction of sp³-hybridized carbons (Fsp3) is 0.444. The van der Waals surface area contributed by atoms with Gasteiger partial charge in [0.25, 0.3) is 5.91 Å². The number of thiazole rings is 1. The van der Waals surface area contributed by atoms with Crippen molar-refractivity contribution in [2.75, 3.05) is 50.0 Å². The van der Waals surface area contributed by atoms with E-state index < -0.39 is 0 Å². The van der Waals surface area contributed by atoms with Gasteiger partial charge in [0.1, 0.15) is 5.69 Å². The van der Waals surface area contributed by atoms with Crippen molar-refractivity contribution in [3.05, 3.63) is 35.1 Å². The van der Waals surface area contributed by atoms with Crippen molar-refractivity contribution in [2.24, 2.45) is 0 Å². The lowest BCUT2D eigenvalue weighted by Gasteiger charge is -2.35. The Hall–Kier alpha value is -2.72. The number of pyridine rings is 1. The Labute approximate surface area is 168 Å². The summed E-state index contributed by atoms with van der Waals surface area (Å²) < 4.78 is 0. The molecule has 0 saturated carbocycles. The van der Waals surface area contributed by atoms with Crippen molar-refractivity contribution < 1.29 is 9.59 Å². The molecule has 2 aromatic heterocycles. The highest BCUT2D eigenvalue weighted by atomic mass is 32.1. The van der Waals surface area contributed by atoms with Crippen molar-refractivity contribution in [1.29, 1.82) is 0 Å². The topological polar surface area (TPSA) is 102 Å². The van der Waals surface area contributed by atoms with Gasteiger partial charge in [-0.3, -0.25) is 15.0 Å². The molecular weight excluding hydrogens is 378 g/mol. The van der Waals surface area contributed by atoms with E-state index in [1.807, 2.05) is 19.2 Å². The quantitative estimate of drug-likeness (QED) is 0.673. The van der Waals surface area contributed by atoms with E-state index in [1.165, 1.54) is 11.3 Å². The van der Waals surface area contributed by atoms with Crippen LogP contribution < -0.4 is 20.9 Å². The number of hydrogen-bond donors (Lipinski definition) is 3. The molecule has 1 aliphatic rings. The van der Waals surface area contributed by atoms with E-state index in [1.54, 1.807) is 19.3 Å². The molecule has 3 rings (SSSR count). The van der Waals surface area contributed by atoms with Gasteiger partial charge in [0.2, 0.25) is 0 Å². The Bertz CT molecular complexity index is 801. The van der Waals surface area contributed by atoms with Gasteiger partial charge < -0.3 is 15.5 Å². The van der Waals surface area contributed by atoms with E-state index in [-0.39, 0.29) is 11.9 Å². The zero-order chi connectivity index (χ0) is 19.9. The minimum Gasteiger partial charge on any atom is -0.368 e. The van der Waals surface area contributed by atoms with Gasteiger partial charge in [-0.15, -0.1) is 11.3 Å². The molecule has 0 bridgehead atoms. The summed E-state index contributed by atoms with van der Waals surface area (Å²) in [6.07, 6.45) is 3.57. The van der Waals surface area contributed by atoms with E-state index in [2.05, 4.69) is 35.7 Å². The van der Waals surface area contributed by atoms with Crippen LogP contribution in [0.25, 0.3) is 0 Å². The van der Waals surface area contributed by atoms with Crippen molar-refractivity contribution in [2.45, 2.75) is 13.5 Å². The van der Waals surface area contributed by atoms with Gasteiger partial charge in [-0.05, 0) is 19.1 Å². The third-order valence-corrected chi connectivity index (χ3v) is 5.33. The molecule has 3 N–H and O–H groups in total. The van der Waals surface area contributed by atoms with Crippen LogP contribution in [0.15, 0.2) is 24.5 Å². The third-order valence-electron chi connectivity index (χ3n) is 4.44. The first-order valence-corrected chi connectivity index (χ1v) is 10.1. The van der Waals surface area contributed by atoms with Crippen molar-refractivity contribution >= 4 is 34.1 Å². The van der Waals surface area contributed by atoms with E-state index in [0.29, 0.717) is 17.4 Å². The first-order valence-electron chi connectivity index (χ1n) is 9.24. The standard InChI is InChI=1S/C18H25N7O2S/c1-3-20-17(27)23-18-22-11-14(28-18)12-24-6-8-25(9-7-24)13-4-5-15(21-10-13)16(26)19-2/h4-5,10-11H,3,6-9,12H2,1-2H3,(H,19,26)(H2,20,22,23,27). The number of piperazine rings is 1. The lowest BCUT2D eigenvalue weighted by molar-refractivity contribution is 0.0958. The summed E-state index contributed by atoms with van der Waals surface area (Å²) in [6.45, 7) is 6.91. The summed E-state index contributed by atoms with van der Waals surface area (Å²) in [5.41, 5.74) is 1.45. The average Bonchev–Trinajstić information content (AvgIpc) is 3.15. The first-order chi connectivity index (χ1) is 13.6. The molecule has 0 radical (unpaired) electrons. The van der Waals surface area contributed by atoms with Gasteiger partial charge in [0.15, 0.2) is 5.13 Å². The fourth-order valence-electron chi connectivity index (χ4n) is 2.96. The molecule has 2 aromatic rings. The first kappa shape index (κ1) is 20.0. The van der Waals surface area contributed by atoms with Crippen LogP contribution in [0.1, 0.15) is 22.3 Å². The van der Waals surface area contributed by atoms with E-state index >= 15 is 0 Å². The Kier molecular flexibility index (Phi) is 6.77. The van der Waals surface area contributed by atoms with Crippen LogP contribution in [0.3, 0.4) is 0 Å². The Morgan fingerprint density at radius 3 is 2.57 bits per heavy atom. The minimum absolute atomic E-state index is 0.179. The molecule has 1 fully saturated rings. The van der Waals surface area contributed by atoms with Crippen LogP contribution >= 0.6 is 11.3 Å². The molecule has 0 unspecified atom stereocenters. The van der Waals surface area contributed by atoms with E-state index in [4.69, 9.17) is 0 Å². The fourth-order valence-corrected chi connectivity index (χ4v) is 3.81. The molecule has 0 atom stereocenters. The SMILES string of the molecule is CCNC(=O)Nc1ncc(CN2CCN(c3ccc(C(=O)NC)nc3)CC2)s1. The number of carbonyl (C=O) groups is 2. The predicted octanol–water partition coefficient (Wildman–Crippen LogP) is 1.36. The predicted molar refractivity (Wildman–Crippen MR) is 110 cm³/mol. The smallest absolute Gasteiger partial charge is 0.321 e. The average molecular weight is 404 g/mol. The van der Waals surface area contributed by atoms with Gasteiger partial charge in [-0.2, -0.15) is 0 Å². The zero-order valence-corrected chi connectivity index (χ0v) is 16.9. The lowest BCUT2D eigenvalue weighted by Crippen LogP contribution is -2.45. The molecule has 1 saturated heterocycles. The zero-order valence-electron chi connectivity index (χ0n) is 16.1. The summed E-state index contributed by atoms with van der Waals surface area (Å²) in [6, 6.07) is 3.46. The van der Waals surface area contributed by atoms with Crippen molar-refractivity contribution in [1.82, 2.24) is 25.5 Å². The lowest BCUT2D eigenvalue weighted by atomic mass is 10.2. The van der Waals surface area contributed by atoms with Gasteiger partial charge in [-0.25, -0.2) is 14.8 Å². The molecule has 1 aliphatic heterocycles. The summed E-state index contributed by atoms with van der Waals surface area (Å²) in [4.78, 5) is 37.4. The maximum absolute atomic E-state index is 11.6. The number of aromatic nitrogens is 2. The Balaban J connectivity index is 1.48. The number of nitrogens with one attached hydrogen (secondary N) is 3. The van der Waals surface area contributed by atoms with Gasteiger partial charge >= 0.3 is 6.03 Å². The summed E-state index contributed by atoms with van der Waals surface area (Å²) in [7, 11) is 1.60. The van der Waals surface area contributed by atoms with Crippen LogP contribution in [-0.4, -0.2) is 66.6 Å². The van der Waals surface area contributed by atoms with E-state index in [0.717, 1.165) is 43.3 Å². The Morgan fingerprint density at radius 1 is 1.14 bits per heavy atom. The summed E-state index contributed by atoms with van der Waals surface area (Å²) in [5, 5.41) is 8.62. The molecule has 3 amide bonds. The second-order valence-electron chi connectivity index (χ2n) is 6.36. The highest BCUT2D eigenvalue weighted by Crippen LogP contribution is 2.21. The number of rotatable bonds is 6. The second kappa shape index (κ2) is 9.47. The number of anilines is 2. The van der Waals surface area contributed by atoms with Crippen LogP contribution in [0, 0.1) is 0 Å². The monoisotopic (exact) mass is 403 g/mol. The molecule has 150 valence electrons. The molecular formula is C18H25N7O2S. The summed E-state index contributed by atoms with van der Waals surface area (Å²) >= 11 is 1.50. The minimum atomic E-state index is -0.229. The van der Waals surface area contributed by atoms with E-state index in [9.17, 15) is 9.59 Å². The van der Waals surface area contributed by atoms with Crippen LogP contribution in [0.5, 0.6) is 0 Å². The number of hydrogen-bond acceptors (Lipinski definition) is 7. The molecule has 10 heteroatoms. The number of carbonyl (C=O) groups excluding carboxylic acids is 2. The molecule has 0 spiro atoms. The number of amides is 3. The number of urea groups is 1. The van der Waals surface area contributed by atoms with Gasteiger partial charge in [0, 0.05) is 57.4 Å². The molecule has 0 aliphatic carbocycles. The van der Waals surface area contributed by atoms with Gasteiger partial charge in [-0.1, -0.05) is 0 Å². The van der Waals surface area contributed by atoms with Crippen LogP contribution in [0.2, 0.25) is 0 Å². The maximum atomic E-state index is 11.6. The molecule has 0 aromatic carbocycles. The molecule has 28 heavy (non-hydrogen) atoms. The normalized spacial score (nSPS) is 14.6. The van der Waals surface area contributed by atoms with Crippen molar-refractivity contribution in [3.8, 4) is 0 Å². The largest absolute Gasteiger partial charge is 0.368 e. The third kappa shape index (κ3) is 5.17. The van der Waals surface area contributed by atoms with Crippen LogP contribution in [0.4, 0.5) is 15.6 Å². The highest BCUT2D eigenvalue weighted by Gasteiger charge is 2.19. The van der Waals surface area contributed by atoms with Crippen LogP contribution in [-0.2, 0) is 6.54 Å². The van der Waals surface area contributed by atoms with Gasteiger partial charge in [0.05, 0.1) is 11.9 Å². The van der Waals surface area contributed by atoms with Crippen molar-refractivity contribution in [3.63, 3.8) is 0 Å². The maximum Gasteiger partial charge on any atom is 0.321 e. The summed E-state index contributed by atoms with van der Waals surface area (Å²) in [5.74, 6) is -0.179.